The SMILES string of the molecule is Oc1ccc(O)n1C1=CCCCC1. The van der Waals surface area contributed by atoms with Gasteiger partial charge in [-0.15, -0.1) is 0 Å². The number of aromatic hydroxyl groups is 2. The fraction of sp³-hybridized carbons (Fsp3) is 0.400. The van der Waals surface area contributed by atoms with Gasteiger partial charge in [-0.3, -0.25) is 4.57 Å². The molecule has 0 spiro atoms. The van der Waals surface area contributed by atoms with Crippen LogP contribution in [0.25, 0.3) is 5.70 Å². The lowest BCUT2D eigenvalue weighted by Crippen LogP contribution is -1.99. The summed E-state index contributed by atoms with van der Waals surface area (Å²) in [6.45, 7) is 0. The molecule has 0 amide bonds. The first-order chi connectivity index (χ1) is 6.29. The summed E-state index contributed by atoms with van der Waals surface area (Å²) < 4.78 is 1.50. The number of nitrogens with zero attached hydrogens (tertiary/aromatic N) is 1. The van der Waals surface area contributed by atoms with E-state index in [1.165, 1.54) is 23.1 Å². The number of hydrogen-bond acceptors (Lipinski definition) is 2. The molecule has 3 nitrogen and oxygen atoms in total. The molecule has 3 heteroatoms. The van der Waals surface area contributed by atoms with Crippen LogP contribution in [0.5, 0.6) is 11.8 Å². The zero-order valence-electron chi connectivity index (χ0n) is 7.40. The Labute approximate surface area is 76.9 Å². The number of allylic oxidation sites excluding steroid dienone is 2. The monoisotopic (exact) mass is 179 g/mol. The van der Waals surface area contributed by atoms with Gasteiger partial charge in [-0.25, -0.2) is 0 Å². The second kappa shape index (κ2) is 3.17. The first kappa shape index (κ1) is 8.23. The van der Waals surface area contributed by atoms with Crippen LogP contribution in [0.15, 0.2) is 18.2 Å². The van der Waals surface area contributed by atoms with E-state index in [-0.39, 0.29) is 11.8 Å². The van der Waals surface area contributed by atoms with Gasteiger partial charge in [0.1, 0.15) is 0 Å². The lowest BCUT2D eigenvalue weighted by Gasteiger charge is -2.15. The molecule has 1 aliphatic rings. The van der Waals surface area contributed by atoms with Crippen LogP contribution in [0, 0.1) is 0 Å². The van der Waals surface area contributed by atoms with Crippen molar-refractivity contribution in [2.75, 3.05) is 0 Å². The summed E-state index contributed by atoms with van der Waals surface area (Å²) in [4.78, 5) is 0. The van der Waals surface area contributed by atoms with Crippen molar-refractivity contribution in [3.05, 3.63) is 18.2 Å². The lowest BCUT2D eigenvalue weighted by molar-refractivity contribution is 0.402. The van der Waals surface area contributed by atoms with E-state index >= 15 is 0 Å². The molecule has 1 heterocycles. The van der Waals surface area contributed by atoms with Crippen LogP contribution < -0.4 is 0 Å². The average molecular weight is 179 g/mol. The Morgan fingerprint density at radius 2 is 1.77 bits per heavy atom. The van der Waals surface area contributed by atoms with Crippen molar-refractivity contribution in [1.29, 1.82) is 0 Å². The lowest BCUT2D eigenvalue weighted by atomic mass is 10.0. The van der Waals surface area contributed by atoms with Crippen molar-refractivity contribution in [3.8, 4) is 11.8 Å². The largest absolute Gasteiger partial charge is 0.494 e. The molecule has 0 fully saturated rings. The minimum Gasteiger partial charge on any atom is -0.494 e. The molecular weight excluding hydrogens is 166 g/mol. The molecule has 0 saturated heterocycles. The second-order valence-corrected chi connectivity index (χ2v) is 3.33. The smallest absolute Gasteiger partial charge is 0.198 e. The fourth-order valence-electron chi connectivity index (χ4n) is 1.73. The summed E-state index contributed by atoms with van der Waals surface area (Å²) in [5.41, 5.74) is 1.01. The molecule has 0 bridgehead atoms. The van der Waals surface area contributed by atoms with E-state index in [4.69, 9.17) is 0 Å². The van der Waals surface area contributed by atoms with Gasteiger partial charge in [-0.1, -0.05) is 6.08 Å². The topological polar surface area (TPSA) is 45.4 Å². The van der Waals surface area contributed by atoms with E-state index < -0.39 is 0 Å². The van der Waals surface area contributed by atoms with Gasteiger partial charge in [0.2, 0.25) is 0 Å². The highest BCUT2D eigenvalue weighted by Gasteiger charge is 2.12. The normalized spacial score (nSPS) is 17.1. The minimum atomic E-state index is 0.116. The van der Waals surface area contributed by atoms with Crippen LogP contribution in [0.1, 0.15) is 25.7 Å². The zero-order chi connectivity index (χ0) is 9.26. The molecule has 0 aliphatic heterocycles. The molecule has 1 aromatic heterocycles. The summed E-state index contributed by atoms with van der Waals surface area (Å²) in [5.74, 6) is 0.233. The van der Waals surface area contributed by atoms with Gasteiger partial charge >= 0.3 is 0 Å². The molecule has 1 aromatic rings. The highest BCUT2D eigenvalue weighted by Crippen LogP contribution is 2.31. The Bertz CT molecular complexity index is 319. The molecule has 0 aromatic carbocycles. The molecule has 0 unspecified atom stereocenters. The summed E-state index contributed by atoms with van der Waals surface area (Å²) in [6, 6.07) is 3.01. The van der Waals surface area contributed by atoms with E-state index in [9.17, 15) is 10.2 Å². The van der Waals surface area contributed by atoms with Crippen LogP contribution in [0.4, 0.5) is 0 Å². The number of hydrogen-bond donors (Lipinski definition) is 2. The van der Waals surface area contributed by atoms with Crippen LogP contribution >= 0.6 is 0 Å². The third-order valence-electron chi connectivity index (χ3n) is 2.39. The Hall–Kier alpha value is -1.38. The van der Waals surface area contributed by atoms with Crippen LogP contribution in [-0.4, -0.2) is 14.8 Å². The molecule has 2 N–H and O–H groups in total. The van der Waals surface area contributed by atoms with Crippen LogP contribution in [0.3, 0.4) is 0 Å². The van der Waals surface area contributed by atoms with E-state index in [0.717, 1.165) is 25.0 Å². The first-order valence-electron chi connectivity index (χ1n) is 4.58. The molecular formula is C10H13NO2. The molecule has 0 atom stereocenters. The maximum atomic E-state index is 9.45. The Morgan fingerprint density at radius 1 is 1.08 bits per heavy atom. The van der Waals surface area contributed by atoms with Crippen molar-refractivity contribution in [1.82, 2.24) is 4.57 Å². The maximum Gasteiger partial charge on any atom is 0.198 e. The average Bonchev–Trinajstić information content (AvgIpc) is 2.48. The molecule has 2 rings (SSSR count). The first-order valence-corrected chi connectivity index (χ1v) is 4.58. The van der Waals surface area contributed by atoms with E-state index in [1.807, 2.05) is 0 Å². The van der Waals surface area contributed by atoms with Crippen molar-refractivity contribution in [3.63, 3.8) is 0 Å². The molecule has 0 radical (unpaired) electrons. The van der Waals surface area contributed by atoms with Gasteiger partial charge in [0.25, 0.3) is 0 Å². The van der Waals surface area contributed by atoms with Crippen LogP contribution in [-0.2, 0) is 0 Å². The Kier molecular flexibility index (Phi) is 2.00. The highest BCUT2D eigenvalue weighted by atomic mass is 16.3. The third kappa shape index (κ3) is 1.41. The van der Waals surface area contributed by atoms with Gasteiger partial charge in [-0.2, -0.15) is 0 Å². The highest BCUT2D eigenvalue weighted by molar-refractivity contribution is 5.53. The predicted octanol–water partition coefficient (Wildman–Crippen LogP) is 2.31. The van der Waals surface area contributed by atoms with Crippen LogP contribution in [0.2, 0.25) is 0 Å². The Balaban J connectivity index is 2.38. The molecule has 0 saturated carbocycles. The summed E-state index contributed by atoms with van der Waals surface area (Å²) in [5, 5.41) is 18.9. The maximum absolute atomic E-state index is 9.45. The summed E-state index contributed by atoms with van der Waals surface area (Å²) in [6.07, 6.45) is 6.36. The van der Waals surface area contributed by atoms with Gasteiger partial charge in [0.05, 0.1) is 0 Å². The third-order valence-corrected chi connectivity index (χ3v) is 2.39. The standard InChI is InChI=1S/C10H13NO2/c12-9-6-7-10(13)11(9)8-4-2-1-3-5-8/h4,6-7,12-13H,1-3,5H2. The summed E-state index contributed by atoms with van der Waals surface area (Å²) >= 11 is 0. The van der Waals surface area contributed by atoms with Gasteiger partial charge in [0.15, 0.2) is 11.8 Å². The van der Waals surface area contributed by atoms with Gasteiger partial charge in [0, 0.05) is 17.8 Å². The number of aromatic nitrogens is 1. The van der Waals surface area contributed by atoms with E-state index in [1.54, 1.807) is 0 Å². The predicted molar refractivity (Wildman–Crippen MR) is 50.5 cm³/mol. The second-order valence-electron chi connectivity index (χ2n) is 3.33. The van der Waals surface area contributed by atoms with Gasteiger partial charge < -0.3 is 10.2 Å². The van der Waals surface area contributed by atoms with E-state index in [0.29, 0.717) is 0 Å². The van der Waals surface area contributed by atoms with Crippen molar-refractivity contribution in [2.45, 2.75) is 25.7 Å². The quantitative estimate of drug-likeness (QED) is 0.694. The minimum absolute atomic E-state index is 0.116. The van der Waals surface area contributed by atoms with Gasteiger partial charge in [-0.05, 0) is 25.7 Å². The zero-order valence-corrected chi connectivity index (χ0v) is 7.40. The van der Waals surface area contributed by atoms with Crippen molar-refractivity contribution >= 4 is 5.70 Å². The van der Waals surface area contributed by atoms with E-state index in [2.05, 4.69) is 6.08 Å². The fourth-order valence-corrected chi connectivity index (χ4v) is 1.73. The molecule has 13 heavy (non-hydrogen) atoms. The molecule has 1 aliphatic carbocycles. The molecule has 70 valence electrons. The Morgan fingerprint density at radius 3 is 2.31 bits per heavy atom. The van der Waals surface area contributed by atoms with Crippen molar-refractivity contribution in [2.24, 2.45) is 0 Å². The van der Waals surface area contributed by atoms with Crippen molar-refractivity contribution < 1.29 is 10.2 Å². The summed E-state index contributed by atoms with van der Waals surface area (Å²) in [7, 11) is 0. The number of rotatable bonds is 1.